The molecule has 3 rings (SSSR count). The van der Waals surface area contributed by atoms with Gasteiger partial charge in [-0.05, 0) is 25.5 Å². The molecule has 0 radical (unpaired) electrons. The number of hydrogen-bond donors (Lipinski definition) is 2. The van der Waals surface area contributed by atoms with Crippen LogP contribution in [0.1, 0.15) is 40.6 Å². The average molecular weight is 371 g/mol. The van der Waals surface area contributed by atoms with Crippen LogP contribution in [0.5, 0.6) is 0 Å². The van der Waals surface area contributed by atoms with Gasteiger partial charge in [0.15, 0.2) is 10.2 Å². The predicted octanol–water partition coefficient (Wildman–Crippen LogP) is 2.83. The molecule has 2 aromatic rings. The number of terminal acetylenes is 1. The van der Waals surface area contributed by atoms with E-state index >= 15 is 0 Å². The zero-order valence-corrected chi connectivity index (χ0v) is 15.4. The number of aromatic nitrogens is 2. The molecule has 6 nitrogen and oxygen atoms in total. The largest absolute Gasteiger partial charge is 0.379 e. The van der Waals surface area contributed by atoms with Gasteiger partial charge in [0, 0.05) is 17.1 Å². The van der Waals surface area contributed by atoms with Crippen LogP contribution < -0.4 is 11.1 Å². The molecule has 0 aromatic carbocycles. The first-order valence-corrected chi connectivity index (χ1v) is 9.31. The number of hydrogen-bond acceptors (Lipinski definition) is 7. The van der Waals surface area contributed by atoms with Crippen molar-refractivity contribution >= 4 is 39.9 Å². The van der Waals surface area contributed by atoms with Crippen molar-refractivity contribution < 1.29 is 4.79 Å². The van der Waals surface area contributed by atoms with Crippen molar-refractivity contribution in [3.05, 3.63) is 40.1 Å². The summed E-state index contributed by atoms with van der Waals surface area (Å²) in [7, 11) is 0. The fourth-order valence-electron chi connectivity index (χ4n) is 2.72. The van der Waals surface area contributed by atoms with E-state index in [1.54, 1.807) is 24.0 Å². The van der Waals surface area contributed by atoms with E-state index in [-0.39, 0.29) is 5.91 Å². The number of rotatable bonds is 3. The SMILES string of the molecule is C#Cc1cnc(C(=O)Nc2ccnc([C@]3(C)C[C@@H](C)SC(N)=N3)c2)s1. The number of pyridine rings is 1. The molecule has 0 spiro atoms. The molecule has 8 heteroatoms. The van der Waals surface area contributed by atoms with Crippen molar-refractivity contribution in [1.29, 1.82) is 0 Å². The maximum Gasteiger partial charge on any atom is 0.284 e. The summed E-state index contributed by atoms with van der Waals surface area (Å²) in [6, 6.07) is 3.56. The van der Waals surface area contributed by atoms with E-state index in [4.69, 9.17) is 12.2 Å². The van der Waals surface area contributed by atoms with E-state index in [9.17, 15) is 4.79 Å². The number of thiazole rings is 1. The third-order valence-electron chi connectivity index (χ3n) is 3.78. The lowest BCUT2D eigenvalue weighted by Gasteiger charge is -2.32. The van der Waals surface area contributed by atoms with Gasteiger partial charge < -0.3 is 11.1 Å². The molecule has 2 aromatic heterocycles. The van der Waals surface area contributed by atoms with Crippen molar-refractivity contribution in [3.63, 3.8) is 0 Å². The summed E-state index contributed by atoms with van der Waals surface area (Å²) < 4.78 is 0. The van der Waals surface area contributed by atoms with Crippen LogP contribution in [0, 0.1) is 12.3 Å². The Balaban J connectivity index is 1.83. The molecule has 0 unspecified atom stereocenters. The molecule has 3 N–H and O–H groups in total. The highest BCUT2D eigenvalue weighted by Gasteiger charge is 2.34. The van der Waals surface area contributed by atoms with Crippen LogP contribution in [-0.2, 0) is 5.54 Å². The highest BCUT2D eigenvalue weighted by molar-refractivity contribution is 8.14. The van der Waals surface area contributed by atoms with Gasteiger partial charge in [-0.25, -0.2) is 9.98 Å². The summed E-state index contributed by atoms with van der Waals surface area (Å²) in [5.74, 6) is 2.17. The molecular formula is C17H17N5OS2. The number of amidine groups is 1. The molecule has 3 heterocycles. The Morgan fingerprint density at radius 1 is 1.52 bits per heavy atom. The number of anilines is 1. The first-order chi connectivity index (χ1) is 11.9. The lowest BCUT2D eigenvalue weighted by molar-refractivity contribution is 0.102. The number of amides is 1. The number of nitrogens with one attached hydrogen (secondary N) is 1. The second kappa shape index (κ2) is 6.86. The number of nitrogens with two attached hydrogens (primary N) is 1. The van der Waals surface area contributed by atoms with Gasteiger partial charge in [-0.3, -0.25) is 9.78 Å². The van der Waals surface area contributed by atoms with Gasteiger partial charge in [0.2, 0.25) is 0 Å². The van der Waals surface area contributed by atoms with Gasteiger partial charge in [0.25, 0.3) is 5.91 Å². The summed E-state index contributed by atoms with van der Waals surface area (Å²) in [6.07, 6.45) is 9.30. The fraction of sp³-hybridized carbons (Fsp3) is 0.294. The fourth-order valence-corrected chi connectivity index (χ4v) is 4.41. The first kappa shape index (κ1) is 17.5. The van der Waals surface area contributed by atoms with Crippen molar-refractivity contribution in [1.82, 2.24) is 9.97 Å². The smallest absolute Gasteiger partial charge is 0.284 e. The molecular weight excluding hydrogens is 354 g/mol. The van der Waals surface area contributed by atoms with Crippen LogP contribution in [-0.4, -0.2) is 26.3 Å². The Morgan fingerprint density at radius 3 is 3.00 bits per heavy atom. The summed E-state index contributed by atoms with van der Waals surface area (Å²) in [6.45, 7) is 4.12. The Bertz CT molecular complexity index is 885. The first-order valence-electron chi connectivity index (χ1n) is 7.62. The molecule has 0 bridgehead atoms. The molecule has 25 heavy (non-hydrogen) atoms. The third kappa shape index (κ3) is 3.83. The van der Waals surface area contributed by atoms with Gasteiger partial charge in [-0.2, -0.15) is 0 Å². The topological polar surface area (TPSA) is 93.3 Å². The molecule has 1 aliphatic heterocycles. The number of thioether (sulfide) groups is 1. The van der Waals surface area contributed by atoms with Crippen molar-refractivity contribution in [3.8, 4) is 12.3 Å². The molecule has 2 atom stereocenters. The zero-order chi connectivity index (χ0) is 18.0. The highest BCUT2D eigenvalue weighted by atomic mass is 32.2. The standard InChI is InChI=1S/C17H17N5OS2/c1-4-12-9-20-15(25-12)14(23)21-11-5-6-19-13(7-11)17(3)8-10(2)24-16(18)22-17/h1,5-7,9-10H,8H2,2-3H3,(H2,18,22)(H,19,21,23)/t10-,17+/m1/s1. The summed E-state index contributed by atoms with van der Waals surface area (Å²) in [5, 5.41) is 4.06. The Kier molecular flexibility index (Phi) is 4.79. The number of nitrogens with zero attached hydrogens (tertiary/aromatic N) is 3. The lowest BCUT2D eigenvalue weighted by atomic mass is 9.91. The van der Waals surface area contributed by atoms with Crippen molar-refractivity contribution in [2.75, 3.05) is 5.32 Å². The zero-order valence-electron chi connectivity index (χ0n) is 13.8. The number of carbonyl (C=O) groups is 1. The second-order valence-electron chi connectivity index (χ2n) is 5.91. The summed E-state index contributed by atoms with van der Waals surface area (Å²) >= 11 is 2.74. The van der Waals surface area contributed by atoms with Crippen LogP contribution in [0.25, 0.3) is 0 Å². The Labute approximate surface area is 154 Å². The molecule has 1 aliphatic rings. The van der Waals surface area contributed by atoms with E-state index in [2.05, 4.69) is 33.1 Å². The molecule has 0 fully saturated rings. The van der Waals surface area contributed by atoms with Gasteiger partial charge in [-0.1, -0.05) is 24.6 Å². The minimum atomic E-state index is -0.507. The molecule has 0 saturated heterocycles. The van der Waals surface area contributed by atoms with Crippen molar-refractivity contribution in [2.45, 2.75) is 31.1 Å². The normalized spacial score (nSPS) is 22.8. The van der Waals surface area contributed by atoms with Gasteiger partial charge in [-0.15, -0.1) is 17.8 Å². The third-order valence-corrected chi connectivity index (χ3v) is 5.60. The highest BCUT2D eigenvalue weighted by Crippen LogP contribution is 2.38. The Hall–Kier alpha value is -2.37. The number of carbonyl (C=O) groups excluding carboxylic acids is 1. The average Bonchev–Trinajstić information content (AvgIpc) is 3.03. The van der Waals surface area contributed by atoms with E-state index in [0.717, 1.165) is 12.1 Å². The maximum atomic E-state index is 12.3. The monoisotopic (exact) mass is 371 g/mol. The lowest BCUT2D eigenvalue weighted by Crippen LogP contribution is -2.33. The van der Waals surface area contributed by atoms with Crippen molar-refractivity contribution in [2.24, 2.45) is 10.7 Å². The van der Waals surface area contributed by atoms with E-state index in [1.807, 2.05) is 13.0 Å². The van der Waals surface area contributed by atoms with Crippen LogP contribution in [0.2, 0.25) is 0 Å². The van der Waals surface area contributed by atoms with E-state index < -0.39 is 5.54 Å². The molecule has 0 saturated carbocycles. The number of aliphatic imine (C=N–C) groups is 1. The molecule has 1 amide bonds. The minimum Gasteiger partial charge on any atom is -0.379 e. The predicted molar refractivity (Wildman–Crippen MR) is 103 cm³/mol. The van der Waals surface area contributed by atoms with Crippen LogP contribution >= 0.6 is 23.1 Å². The van der Waals surface area contributed by atoms with Gasteiger partial charge in [0.05, 0.1) is 16.8 Å². The summed E-state index contributed by atoms with van der Waals surface area (Å²) in [4.78, 5) is 26.0. The van der Waals surface area contributed by atoms with E-state index in [1.165, 1.54) is 17.5 Å². The van der Waals surface area contributed by atoms with Crippen LogP contribution in [0.3, 0.4) is 0 Å². The quantitative estimate of drug-likeness (QED) is 0.809. The molecule has 128 valence electrons. The van der Waals surface area contributed by atoms with Gasteiger partial charge in [0.1, 0.15) is 5.54 Å². The van der Waals surface area contributed by atoms with Crippen LogP contribution in [0.15, 0.2) is 29.5 Å². The maximum absolute atomic E-state index is 12.3. The van der Waals surface area contributed by atoms with E-state index in [0.29, 0.717) is 26.0 Å². The van der Waals surface area contributed by atoms with Gasteiger partial charge >= 0.3 is 0 Å². The second-order valence-corrected chi connectivity index (χ2v) is 8.40. The Morgan fingerprint density at radius 2 is 2.32 bits per heavy atom. The molecule has 0 aliphatic carbocycles. The minimum absolute atomic E-state index is 0.301. The van der Waals surface area contributed by atoms with Crippen LogP contribution in [0.4, 0.5) is 5.69 Å². The summed E-state index contributed by atoms with van der Waals surface area (Å²) in [5.41, 5.74) is 6.83.